The van der Waals surface area contributed by atoms with Crippen molar-refractivity contribution in [1.29, 1.82) is 0 Å². The predicted octanol–water partition coefficient (Wildman–Crippen LogP) is 3.37. The molecule has 0 radical (unpaired) electrons. The van der Waals surface area contributed by atoms with Crippen LogP contribution in [0.5, 0.6) is 0 Å². The normalized spacial score (nSPS) is 13.0. The van der Waals surface area contributed by atoms with Crippen LogP contribution in [0.3, 0.4) is 0 Å². The number of amidine groups is 1. The average Bonchev–Trinajstić information content (AvgIpc) is 2.05. The Hall–Kier alpha value is -1.23. The smallest absolute Gasteiger partial charge is 0.387 e. The van der Waals surface area contributed by atoms with E-state index >= 15 is 0 Å². The summed E-state index contributed by atoms with van der Waals surface area (Å²) in [5.74, 6) is 0.0219. The van der Waals surface area contributed by atoms with Gasteiger partial charge in [-0.25, -0.2) is 4.99 Å². The fraction of sp³-hybridized carbons (Fsp3) is 0.222. The number of halogens is 4. The Morgan fingerprint density at radius 1 is 1.40 bits per heavy atom. The van der Waals surface area contributed by atoms with Gasteiger partial charge in [-0.3, -0.25) is 0 Å². The van der Waals surface area contributed by atoms with Crippen molar-refractivity contribution >= 4 is 23.1 Å². The van der Waals surface area contributed by atoms with E-state index in [1.807, 2.05) is 0 Å². The first-order valence-electron chi connectivity index (χ1n) is 3.99. The zero-order chi connectivity index (χ0) is 11.6. The molecule has 0 fully saturated rings. The van der Waals surface area contributed by atoms with E-state index in [2.05, 4.69) is 4.99 Å². The lowest BCUT2D eigenvalue weighted by molar-refractivity contribution is -0.137. The SMILES string of the molecule is CC(N)=Nc1c(Cl)cccc1C(F)(F)F. The van der Waals surface area contributed by atoms with E-state index in [0.29, 0.717) is 0 Å². The highest BCUT2D eigenvalue weighted by Gasteiger charge is 2.34. The summed E-state index contributed by atoms with van der Waals surface area (Å²) in [6.45, 7) is 1.39. The van der Waals surface area contributed by atoms with Crippen molar-refractivity contribution in [2.75, 3.05) is 0 Å². The number of alkyl halides is 3. The monoisotopic (exact) mass is 236 g/mol. The van der Waals surface area contributed by atoms with Crippen molar-refractivity contribution in [1.82, 2.24) is 0 Å². The van der Waals surface area contributed by atoms with E-state index in [1.54, 1.807) is 0 Å². The third kappa shape index (κ3) is 2.86. The van der Waals surface area contributed by atoms with E-state index in [1.165, 1.54) is 19.1 Å². The van der Waals surface area contributed by atoms with Gasteiger partial charge in [-0.05, 0) is 19.1 Å². The van der Waals surface area contributed by atoms with E-state index in [0.717, 1.165) is 6.07 Å². The average molecular weight is 237 g/mol. The van der Waals surface area contributed by atoms with Crippen LogP contribution in [-0.2, 0) is 6.18 Å². The summed E-state index contributed by atoms with van der Waals surface area (Å²) >= 11 is 5.62. The van der Waals surface area contributed by atoms with Crippen LogP contribution in [0.4, 0.5) is 18.9 Å². The molecule has 82 valence electrons. The van der Waals surface area contributed by atoms with Crippen molar-refractivity contribution in [2.24, 2.45) is 10.7 Å². The van der Waals surface area contributed by atoms with Gasteiger partial charge in [0.1, 0.15) is 0 Å². The lowest BCUT2D eigenvalue weighted by atomic mass is 10.1. The number of nitrogens with two attached hydrogens (primary N) is 1. The summed E-state index contributed by atoms with van der Waals surface area (Å²) < 4.78 is 37.5. The maximum absolute atomic E-state index is 12.5. The van der Waals surface area contributed by atoms with E-state index in [-0.39, 0.29) is 16.5 Å². The fourth-order valence-corrected chi connectivity index (χ4v) is 1.25. The van der Waals surface area contributed by atoms with Gasteiger partial charge in [0, 0.05) is 0 Å². The van der Waals surface area contributed by atoms with Crippen LogP contribution in [0.15, 0.2) is 23.2 Å². The zero-order valence-corrected chi connectivity index (χ0v) is 8.52. The van der Waals surface area contributed by atoms with Crippen LogP contribution >= 0.6 is 11.6 Å². The lowest BCUT2D eigenvalue weighted by Crippen LogP contribution is -2.08. The third-order valence-corrected chi connectivity index (χ3v) is 1.89. The third-order valence-electron chi connectivity index (χ3n) is 1.58. The molecule has 0 unspecified atom stereocenters. The first kappa shape index (κ1) is 11.8. The largest absolute Gasteiger partial charge is 0.418 e. The highest BCUT2D eigenvalue weighted by atomic mass is 35.5. The summed E-state index contributed by atoms with van der Waals surface area (Å²) in [6.07, 6.45) is -4.49. The highest BCUT2D eigenvalue weighted by Crippen LogP contribution is 2.40. The summed E-state index contributed by atoms with van der Waals surface area (Å²) in [5, 5.41) is -0.0744. The van der Waals surface area contributed by atoms with Crippen molar-refractivity contribution in [2.45, 2.75) is 13.1 Å². The Morgan fingerprint density at radius 2 is 2.00 bits per heavy atom. The van der Waals surface area contributed by atoms with Crippen LogP contribution in [0.2, 0.25) is 5.02 Å². The molecule has 0 bridgehead atoms. The number of hydrogen-bond donors (Lipinski definition) is 1. The molecule has 1 aromatic carbocycles. The summed E-state index contributed by atoms with van der Waals surface area (Å²) in [7, 11) is 0. The Balaban J connectivity index is 3.40. The van der Waals surface area contributed by atoms with Gasteiger partial charge < -0.3 is 5.73 Å². The van der Waals surface area contributed by atoms with Gasteiger partial charge >= 0.3 is 6.18 Å². The topological polar surface area (TPSA) is 38.4 Å². The highest BCUT2D eigenvalue weighted by molar-refractivity contribution is 6.33. The molecule has 2 N–H and O–H groups in total. The number of benzene rings is 1. The molecular weight excluding hydrogens is 229 g/mol. The summed E-state index contributed by atoms with van der Waals surface area (Å²) in [6, 6.07) is 3.46. The Bertz CT molecular complexity index is 395. The van der Waals surface area contributed by atoms with E-state index < -0.39 is 11.7 Å². The molecule has 0 saturated heterocycles. The van der Waals surface area contributed by atoms with Crippen molar-refractivity contribution in [3.8, 4) is 0 Å². The number of hydrogen-bond acceptors (Lipinski definition) is 1. The summed E-state index contributed by atoms with van der Waals surface area (Å²) in [5.41, 5.74) is 4.00. The van der Waals surface area contributed by atoms with Gasteiger partial charge in [0.25, 0.3) is 0 Å². The Morgan fingerprint density at radius 3 is 2.47 bits per heavy atom. The first-order chi connectivity index (χ1) is 6.82. The first-order valence-corrected chi connectivity index (χ1v) is 4.36. The quantitative estimate of drug-likeness (QED) is 0.589. The molecular formula is C9H8ClF3N2. The zero-order valence-electron chi connectivity index (χ0n) is 7.77. The molecule has 1 rings (SSSR count). The van der Waals surface area contributed by atoms with Crippen LogP contribution < -0.4 is 5.73 Å². The van der Waals surface area contributed by atoms with Gasteiger partial charge in [-0.1, -0.05) is 17.7 Å². The molecule has 0 saturated carbocycles. The molecule has 1 aromatic rings. The van der Waals surface area contributed by atoms with Gasteiger partial charge in [0.15, 0.2) is 0 Å². The molecule has 0 aliphatic rings. The van der Waals surface area contributed by atoms with Gasteiger partial charge in [0.05, 0.1) is 22.1 Å². The van der Waals surface area contributed by atoms with Crippen LogP contribution in [0, 0.1) is 0 Å². The maximum Gasteiger partial charge on any atom is 0.418 e. The molecule has 0 atom stereocenters. The molecule has 0 aliphatic carbocycles. The Kier molecular flexibility index (Phi) is 3.24. The number of nitrogens with zero attached hydrogens (tertiary/aromatic N) is 1. The molecule has 0 spiro atoms. The second kappa shape index (κ2) is 4.10. The maximum atomic E-state index is 12.5. The molecule has 15 heavy (non-hydrogen) atoms. The van der Waals surface area contributed by atoms with Crippen LogP contribution in [0.1, 0.15) is 12.5 Å². The van der Waals surface area contributed by atoms with E-state index in [4.69, 9.17) is 17.3 Å². The number of para-hydroxylation sites is 1. The molecule has 0 aliphatic heterocycles. The number of aliphatic imine (C=N–C) groups is 1. The minimum Gasteiger partial charge on any atom is -0.387 e. The van der Waals surface area contributed by atoms with Crippen molar-refractivity contribution in [3.05, 3.63) is 28.8 Å². The Labute approximate surface area is 89.6 Å². The standard InChI is InChI=1S/C9H8ClF3N2/c1-5(14)15-8-6(9(11,12)13)3-2-4-7(8)10/h2-4H,1H3,(H2,14,15). The molecule has 2 nitrogen and oxygen atoms in total. The van der Waals surface area contributed by atoms with Gasteiger partial charge in [0.2, 0.25) is 0 Å². The second-order valence-corrected chi connectivity index (χ2v) is 3.29. The molecule has 0 aromatic heterocycles. The molecule has 0 amide bonds. The van der Waals surface area contributed by atoms with Crippen LogP contribution in [-0.4, -0.2) is 5.84 Å². The molecule has 0 heterocycles. The van der Waals surface area contributed by atoms with Crippen molar-refractivity contribution in [3.63, 3.8) is 0 Å². The minimum absolute atomic E-state index is 0.0219. The summed E-state index contributed by atoms with van der Waals surface area (Å²) in [4.78, 5) is 3.57. The lowest BCUT2D eigenvalue weighted by Gasteiger charge is -2.10. The molecule has 6 heteroatoms. The second-order valence-electron chi connectivity index (χ2n) is 2.89. The van der Waals surface area contributed by atoms with Gasteiger partial charge in [-0.2, -0.15) is 13.2 Å². The van der Waals surface area contributed by atoms with Gasteiger partial charge in [-0.15, -0.1) is 0 Å². The predicted molar refractivity (Wildman–Crippen MR) is 53.4 cm³/mol. The van der Waals surface area contributed by atoms with Crippen molar-refractivity contribution < 1.29 is 13.2 Å². The minimum atomic E-state index is -4.49. The number of rotatable bonds is 1. The van der Waals surface area contributed by atoms with Crippen LogP contribution in [0.25, 0.3) is 0 Å². The fourth-order valence-electron chi connectivity index (χ4n) is 1.03. The van der Waals surface area contributed by atoms with E-state index in [9.17, 15) is 13.2 Å².